The highest BCUT2D eigenvalue weighted by molar-refractivity contribution is 5.60. The molecule has 3 N–H and O–H groups in total. The number of hydrogen-bond donors (Lipinski definition) is 3. The lowest BCUT2D eigenvalue weighted by Gasteiger charge is -2.56. The van der Waals surface area contributed by atoms with Crippen LogP contribution in [0.3, 0.4) is 0 Å². The van der Waals surface area contributed by atoms with E-state index in [0.717, 1.165) is 36.2 Å². The molecular weight excluding hydrogens is 424 g/mol. The molecule has 0 radical (unpaired) electrons. The number of likely N-dealkylation sites (tertiary alicyclic amines) is 1. The second kappa shape index (κ2) is 8.29. The van der Waals surface area contributed by atoms with Crippen LogP contribution in [0.5, 0.6) is 0 Å². The summed E-state index contributed by atoms with van der Waals surface area (Å²) in [6, 6.07) is 12.3. The van der Waals surface area contributed by atoms with Gasteiger partial charge in [-0.25, -0.2) is 0 Å². The number of benzene rings is 1. The van der Waals surface area contributed by atoms with Crippen molar-refractivity contribution in [1.82, 2.24) is 20.1 Å². The predicted octanol–water partition coefficient (Wildman–Crippen LogP) is 4.57. The zero-order chi connectivity index (χ0) is 24.9. The maximum atomic E-state index is 12.5. The molecule has 34 heavy (non-hydrogen) atoms. The van der Waals surface area contributed by atoms with Crippen LogP contribution in [0.1, 0.15) is 70.3 Å². The summed E-state index contributed by atoms with van der Waals surface area (Å²) in [5, 5.41) is 30.1. The van der Waals surface area contributed by atoms with Gasteiger partial charge in [0.25, 0.3) is 0 Å². The highest BCUT2D eigenvalue weighted by Gasteiger charge is 2.55. The molecule has 6 nitrogen and oxygen atoms in total. The van der Waals surface area contributed by atoms with Gasteiger partial charge in [-0.3, -0.25) is 10.1 Å². The molecule has 2 aromatic heterocycles. The molecule has 1 aliphatic heterocycles. The third kappa shape index (κ3) is 4.08. The normalized spacial score (nSPS) is 18.4. The summed E-state index contributed by atoms with van der Waals surface area (Å²) in [7, 11) is 2.08. The third-order valence-electron chi connectivity index (χ3n) is 7.77. The maximum absolute atomic E-state index is 12.5. The van der Waals surface area contributed by atoms with Gasteiger partial charge in [-0.1, -0.05) is 52.0 Å². The highest BCUT2D eigenvalue weighted by Crippen LogP contribution is 2.50. The molecule has 1 aliphatic rings. The molecule has 0 spiro atoms. The number of aliphatic hydroxyl groups is 2. The van der Waals surface area contributed by atoms with Gasteiger partial charge in [-0.2, -0.15) is 5.10 Å². The summed E-state index contributed by atoms with van der Waals surface area (Å²) in [5.41, 5.74) is 2.47. The van der Waals surface area contributed by atoms with Gasteiger partial charge in [0.15, 0.2) is 0 Å². The Kier molecular flexibility index (Phi) is 6.00. The Balaban J connectivity index is 1.80. The quantitative estimate of drug-likeness (QED) is 0.479. The van der Waals surface area contributed by atoms with Gasteiger partial charge in [0.2, 0.25) is 0 Å². The van der Waals surface area contributed by atoms with E-state index in [0.29, 0.717) is 11.4 Å². The minimum atomic E-state index is -1.22. The average molecular weight is 463 g/mol. The van der Waals surface area contributed by atoms with E-state index in [4.69, 9.17) is 0 Å². The maximum Gasteiger partial charge on any atom is 0.124 e. The molecule has 0 saturated carbocycles. The van der Waals surface area contributed by atoms with E-state index >= 15 is 0 Å². The van der Waals surface area contributed by atoms with Crippen LogP contribution >= 0.6 is 0 Å². The zero-order valence-corrected chi connectivity index (χ0v) is 21.5. The van der Waals surface area contributed by atoms with Crippen molar-refractivity contribution >= 4 is 0 Å². The van der Waals surface area contributed by atoms with E-state index in [1.165, 1.54) is 5.56 Å². The monoisotopic (exact) mass is 462 g/mol. The third-order valence-corrected chi connectivity index (χ3v) is 7.77. The number of hydrogen-bond acceptors (Lipinski definition) is 5. The molecule has 0 bridgehead atoms. The average Bonchev–Trinajstić information content (AvgIpc) is 3.29. The summed E-state index contributed by atoms with van der Waals surface area (Å²) in [4.78, 5) is 6.72. The number of nitrogens with zero attached hydrogens (tertiary/aromatic N) is 3. The van der Waals surface area contributed by atoms with E-state index in [1.54, 1.807) is 26.2 Å². The number of aromatic amines is 1. The molecule has 4 rings (SSSR count). The Bertz CT molecular complexity index is 1150. The number of H-pyrrole nitrogens is 1. The molecule has 1 atom stereocenters. The number of rotatable bonds is 7. The minimum Gasteiger partial charge on any atom is -0.384 e. The van der Waals surface area contributed by atoms with Crippen molar-refractivity contribution in [3.8, 4) is 11.3 Å². The highest BCUT2D eigenvalue weighted by atomic mass is 16.3. The van der Waals surface area contributed by atoms with Crippen molar-refractivity contribution in [1.29, 1.82) is 0 Å². The number of nitrogens with one attached hydrogen (secondary N) is 1. The molecule has 0 unspecified atom stereocenters. The van der Waals surface area contributed by atoms with Gasteiger partial charge in [-0.15, -0.1) is 0 Å². The predicted molar refractivity (Wildman–Crippen MR) is 135 cm³/mol. The first-order valence-electron chi connectivity index (χ1n) is 12.1. The van der Waals surface area contributed by atoms with Crippen molar-refractivity contribution < 1.29 is 10.2 Å². The molecule has 1 saturated heterocycles. The summed E-state index contributed by atoms with van der Waals surface area (Å²) in [6.45, 7) is 13.8. The van der Waals surface area contributed by atoms with Crippen LogP contribution in [0.25, 0.3) is 11.3 Å². The first kappa shape index (κ1) is 24.6. The second-order valence-electron chi connectivity index (χ2n) is 11.4. The molecule has 0 amide bonds. The van der Waals surface area contributed by atoms with Crippen molar-refractivity contribution in [2.45, 2.75) is 64.6 Å². The lowest BCUT2D eigenvalue weighted by atomic mass is 9.62. The Labute approximate surface area is 203 Å². The van der Waals surface area contributed by atoms with E-state index in [1.807, 2.05) is 12.1 Å². The van der Waals surface area contributed by atoms with Crippen molar-refractivity contribution in [2.24, 2.45) is 5.41 Å². The minimum absolute atomic E-state index is 0.0802. The summed E-state index contributed by atoms with van der Waals surface area (Å²) in [6.07, 6.45) is 4.55. The first-order chi connectivity index (χ1) is 15.8. The molecule has 182 valence electrons. The Morgan fingerprint density at radius 2 is 1.59 bits per heavy atom. The van der Waals surface area contributed by atoms with Crippen molar-refractivity contribution in [3.05, 3.63) is 71.2 Å². The lowest BCUT2D eigenvalue weighted by Crippen LogP contribution is -2.63. The molecule has 3 aromatic rings. The van der Waals surface area contributed by atoms with Gasteiger partial charge in [-0.05, 0) is 56.0 Å². The smallest absolute Gasteiger partial charge is 0.124 e. The van der Waals surface area contributed by atoms with E-state index < -0.39 is 11.2 Å². The lowest BCUT2D eigenvalue weighted by molar-refractivity contribution is -0.127. The van der Waals surface area contributed by atoms with Crippen LogP contribution in [0.4, 0.5) is 0 Å². The summed E-state index contributed by atoms with van der Waals surface area (Å²) >= 11 is 0. The second-order valence-corrected chi connectivity index (χ2v) is 11.4. The molecule has 3 heterocycles. The molecule has 1 fully saturated rings. The van der Waals surface area contributed by atoms with Crippen LogP contribution in [0.15, 0.2) is 48.8 Å². The topological polar surface area (TPSA) is 85.3 Å². The van der Waals surface area contributed by atoms with E-state index in [-0.39, 0.29) is 10.8 Å². The molecule has 1 aromatic carbocycles. The Morgan fingerprint density at radius 1 is 0.971 bits per heavy atom. The Hall–Kier alpha value is -2.54. The molecular formula is C28H38N4O2. The van der Waals surface area contributed by atoms with Gasteiger partial charge in [0.1, 0.15) is 11.2 Å². The van der Waals surface area contributed by atoms with E-state index in [2.05, 4.69) is 79.1 Å². The fraction of sp³-hybridized carbons (Fsp3) is 0.500. The van der Waals surface area contributed by atoms with Crippen LogP contribution in [-0.4, -0.2) is 50.4 Å². The van der Waals surface area contributed by atoms with Crippen molar-refractivity contribution in [2.75, 3.05) is 20.1 Å². The van der Waals surface area contributed by atoms with Crippen LogP contribution in [-0.2, 0) is 16.6 Å². The van der Waals surface area contributed by atoms with Gasteiger partial charge in [0.05, 0.1) is 11.4 Å². The van der Waals surface area contributed by atoms with Gasteiger partial charge in [0, 0.05) is 42.0 Å². The summed E-state index contributed by atoms with van der Waals surface area (Å²) in [5.74, 6) is 0. The largest absolute Gasteiger partial charge is 0.384 e. The zero-order valence-electron chi connectivity index (χ0n) is 21.5. The van der Waals surface area contributed by atoms with Crippen molar-refractivity contribution in [3.63, 3.8) is 0 Å². The molecule has 0 aliphatic carbocycles. The van der Waals surface area contributed by atoms with Crippen LogP contribution < -0.4 is 0 Å². The van der Waals surface area contributed by atoms with Gasteiger partial charge >= 0.3 is 0 Å². The summed E-state index contributed by atoms with van der Waals surface area (Å²) < 4.78 is 0. The standard InChI is InChI=1S/C28H38N4O2/c1-8-25(2,3)20-9-11-21(12-10-20)28(34,27(6)17-32(7)18-27)22-13-19(15-29-16-22)23-14-24(31-30-23)26(4,5)33/h9-16,33-34H,8,17-18H2,1-7H3,(H,30,31)/t28-/m0/s1. The van der Waals surface area contributed by atoms with Crippen LogP contribution in [0, 0.1) is 5.41 Å². The molecule has 6 heteroatoms. The first-order valence-corrected chi connectivity index (χ1v) is 12.1. The number of pyridine rings is 1. The number of aromatic nitrogens is 3. The fourth-order valence-corrected chi connectivity index (χ4v) is 5.17. The fourth-order valence-electron chi connectivity index (χ4n) is 5.17. The Morgan fingerprint density at radius 3 is 2.12 bits per heavy atom. The van der Waals surface area contributed by atoms with E-state index in [9.17, 15) is 10.2 Å². The van der Waals surface area contributed by atoms with Gasteiger partial charge < -0.3 is 15.1 Å². The van der Waals surface area contributed by atoms with Crippen LogP contribution in [0.2, 0.25) is 0 Å². The SMILES string of the molecule is CCC(C)(C)c1ccc([C@](O)(c2cncc(-c3cc(C(C)(C)O)[nH]n3)c2)C2(C)CN(C)C2)cc1.